The Kier molecular flexibility index (Phi) is 3.56. The number of hydrogen-bond donors (Lipinski definition) is 1. The van der Waals surface area contributed by atoms with Crippen molar-refractivity contribution in [3.05, 3.63) is 0 Å². The molecule has 1 amide bonds. The molecule has 86 valence electrons. The monoisotopic (exact) mass is 214 g/mol. The summed E-state index contributed by atoms with van der Waals surface area (Å²) < 4.78 is 10.5. The fourth-order valence-corrected chi connectivity index (χ4v) is 2.07. The van der Waals surface area contributed by atoms with Crippen LogP contribution in [0.4, 0.5) is 0 Å². The molecule has 5 heteroatoms. The van der Waals surface area contributed by atoms with Crippen LogP contribution < -0.4 is 5.32 Å². The fraction of sp³-hybridized carbons (Fsp3) is 0.900. The number of ether oxygens (including phenoxy) is 2. The standard InChI is InChI=1S/C10H18N2O3/c1-14-8-2-4-12(6-8)10(13)9-7-15-5-3-11-9/h8-9,11H,2-7H2,1H3/t8-,9?/m1/s1. The lowest BCUT2D eigenvalue weighted by molar-refractivity contribution is -0.135. The highest BCUT2D eigenvalue weighted by atomic mass is 16.5. The van der Waals surface area contributed by atoms with Crippen molar-refractivity contribution in [2.24, 2.45) is 0 Å². The molecule has 2 saturated heterocycles. The molecule has 1 unspecified atom stereocenters. The molecule has 2 rings (SSSR count). The quantitative estimate of drug-likeness (QED) is 0.655. The zero-order valence-electron chi connectivity index (χ0n) is 9.07. The van der Waals surface area contributed by atoms with Gasteiger partial charge in [-0.25, -0.2) is 0 Å². The van der Waals surface area contributed by atoms with Gasteiger partial charge in [0.25, 0.3) is 0 Å². The van der Waals surface area contributed by atoms with Gasteiger partial charge in [0.05, 0.1) is 19.3 Å². The summed E-state index contributed by atoms with van der Waals surface area (Å²) in [6, 6.07) is -0.158. The number of rotatable bonds is 2. The predicted molar refractivity (Wildman–Crippen MR) is 54.6 cm³/mol. The van der Waals surface area contributed by atoms with E-state index in [1.165, 1.54) is 0 Å². The van der Waals surface area contributed by atoms with Crippen LogP contribution in [0.15, 0.2) is 0 Å². The maximum absolute atomic E-state index is 12.0. The van der Waals surface area contributed by atoms with Crippen LogP contribution in [0.2, 0.25) is 0 Å². The molecule has 5 nitrogen and oxygen atoms in total. The van der Waals surface area contributed by atoms with Crippen LogP contribution in [0.25, 0.3) is 0 Å². The molecule has 0 bridgehead atoms. The van der Waals surface area contributed by atoms with Crippen molar-refractivity contribution in [1.82, 2.24) is 10.2 Å². The van der Waals surface area contributed by atoms with E-state index in [0.29, 0.717) is 19.8 Å². The summed E-state index contributed by atoms with van der Waals surface area (Å²) in [5.74, 6) is 0.147. The highest BCUT2D eigenvalue weighted by Crippen LogP contribution is 2.13. The fourth-order valence-electron chi connectivity index (χ4n) is 2.07. The summed E-state index contributed by atoms with van der Waals surface area (Å²) in [4.78, 5) is 13.9. The molecule has 2 atom stereocenters. The van der Waals surface area contributed by atoms with E-state index in [1.807, 2.05) is 4.90 Å². The number of amides is 1. The molecule has 0 aromatic carbocycles. The summed E-state index contributed by atoms with van der Waals surface area (Å²) in [7, 11) is 1.70. The summed E-state index contributed by atoms with van der Waals surface area (Å²) in [6.07, 6.45) is 1.15. The summed E-state index contributed by atoms with van der Waals surface area (Å²) in [5, 5.41) is 3.17. The summed E-state index contributed by atoms with van der Waals surface area (Å²) in [5.41, 5.74) is 0. The third-order valence-electron chi connectivity index (χ3n) is 3.01. The van der Waals surface area contributed by atoms with E-state index in [-0.39, 0.29) is 18.1 Å². The largest absolute Gasteiger partial charge is 0.380 e. The van der Waals surface area contributed by atoms with Crippen molar-refractivity contribution in [3.8, 4) is 0 Å². The van der Waals surface area contributed by atoms with Gasteiger partial charge >= 0.3 is 0 Å². The Hall–Kier alpha value is -0.650. The number of nitrogens with one attached hydrogen (secondary N) is 1. The average Bonchev–Trinajstić information content (AvgIpc) is 2.78. The van der Waals surface area contributed by atoms with Crippen LogP contribution in [0.3, 0.4) is 0 Å². The van der Waals surface area contributed by atoms with Crippen LogP contribution in [0, 0.1) is 0 Å². The van der Waals surface area contributed by atoms with Crippen LogP contribution in [0.1, 0.15) is 6.42 Å². The Morgan fingerprint density at radius 2 is 2.47 bits per heavy atom. The van der Waals surface area contributed by atoms with E-state index in [1.54, 1.807) is 7.11 Å². The predicted octanol–water partition coefficient (Wildman–Crippen LogP) is -0.778. The summed E-state index contributed by atoms with van der Waals surface area (Å²) >= 11 is 0. The second kappa shape index (κ2) is 4.92. The van der Waals surface area contributed by atoms with Crippen LogP contribution >= 0.6 is 0 Å². The molecule has 0 spiro atoms. The molecule has 2 fully saturated rings. The van der Waals surface area contributed by atoms with Crippen molar-refractivity contribution in [1.29, 1.82) is 0 Å². The highest BCUT2D eigenvalue weighted by molar-refractivity contribution is 5.82. The van der Waals surface area contributed by atoms with Gasteiger partial charge < -0.3 is 19.7 Å². The van der Waals surface area contributed by atoms with Crippen molar-refractivity contribution in [2.45, 2.75) is 18.6 Å². The molecule has 0 aromatic heterocycles. The van der Waals surface area contributed by atoms with Crippen molar-refractivity contribution >= 4 is 5.91 Å². The SMILES string of the molecule is CO[C@@H]1CCN(C(=O)C2COCCN2)C1. The Morgan fingerprint density at radius 3 is 3.07 bits per heavy atom. The first-order chi connectivity index (χ1) is 7.31. The van der Waals surface area contributed by atoms with E-state index in [4.69, 9.17) is 9.47 Å². The van der Waals surface area contributed by atoms with Crippen molar-refractivity contribution in [2.75, 3.05) is 40.0 Å². The Balaban J connectivity index is 1.85. The van der Waals surface area contributed by atoms with E-state index in [9.17, 15) is 4.79 Å². The summed E-state index contributed by atoms with van der Waals surface area (Å²) in [6.45, 7) is 3.47. The maximum atomic E-state index is 12.0. The number of likely N-dealkylation sites (tertiary alicyclic amines) is 1. The maximum Gasteiger partial charge on any atom is 0.242 e. The lowest BCUT2D eigenvalue weighted by atomic mass is 10.2. The smallest absolute Gasteiger partial charge is 0.242 e. The highest BCUT2D eigenvalue weighted by Gasteiger charge is 2.31. The average molecular weight is 214 g/mol. The molecule has 2 aliphatic heterocycles. The normalized spacial score (nSPS) is 31.9. The van der Waals surface area contributed by atoms with Gasteiger partial charge in [0, 0.05) is 26.7 Å². The molecular weight excluding hydrogens is 196 g/mol. The van der Waals surface area contributed by atoms with Gasteiger partial charge in [-0.3, -0.25) is 4.79 Å². The number of nitrogens with zero attached hydrogens (tertiary/aromatic N) is 1. The second-order valence-corrected chi connectivity index (χ2v) is 4.01. The van der Waals surface area contributed by atoms with Crippen LogP contribution in [-0.4, -0.2) is 62.9 Å². The lowest BCUT2D eigenvalue weighted by Gasteiger charge is -2.27. The molecule has 15 heavy (non-hydrogen) atoms. The minimum atomic E-state index is -0.158. The molecular formula is C10H18N2O3. The van der Waals surface area contributed by atoms with E-state index >= 15 is 0 Å². The second-order valence-electron chi connectivity index (χ2n) is 4.01. The van der Waals surface area contributed by atoms with E-state index in [0.717, 1.165) is 19.5 Å². The topological polar surface area (TPSA) is 50.8 Å². The molecule has 2 heterocycles. The minimum Gasteiger partial charge on any atom is -0.380 e. The van der Waals surface area contributed by atoms with Gasteiger partial charge in [-0.15, -0.1) is 0 Å². The van der Waals surface area contributed by atoms with Gasteiger partial charge in [-0.05, 0) is 6.42 Å². The first-order valence-corrected chi connectivity index (χ1v) is 5.44. The van der Waals surface area contributed by atoms with E-state index < -0.39 is 0 Å². The Bertz CT molecular complexity index is 229. The number of methoxy groups -OCH3 is 1. The number of carbonyl (C=O) groups is 1. The van der Waals surface area contributed by atoms with Gasteiger partial charge in [0.2, 0.25) is 5.91 Å². The Labute approximate surface area is 89.7 Å². The number of hydrogen-bond acceptors (Lipinski definition) is 4. The van der Waals surface area contributed by atoms with E-state index in [2.05, 4.69) is 5.32 Å². The number of morpholine rings is 1. The van der Waals surface area contributed by atoms with Gasteiger partial charge in [-0.2, -0.15) is 0 Å². The Morgan fingerprint density at radius 1 is 1.60 bits per heavy atom. The third kappa shape index (κ3) is 2.48. The molecule has 0 radical (unpaired) electrons. The minimum absolute atomic E-state index is 0.147. The van der Waals surface area contributed by atoms with Crippen LogP contribution in [0.5, 0.6) is 0 Å². The number of carbonyl (C=O) groups excluding carboxylic acids is 1. The zero-order valence-corrected chi connectivity index (χ0v) is 9.07. The molecule has 0 aliphatic carbocycles. The third-order valence-corrected chi connectivity index (χ3v) is 3.01. The lowest BCUT2D eigenvalue weighted by Crippen LogP contribution is -2.52. The zero-order chi connectivity index (χ0) is 10.7. The molecule has 0 aromatic rings. The van der Waals surface area contributed by atoms with Crippen molar-refractivity contribution < 1.29 is 14.3 Å². The van der Waals surface area contributed by atoms with Crippen LogP contribution in [-0.2, 0) is 14.3 Å². The molecule has 0 saturated carbocycles. The first kappa shape index (κ1) is 10.9. The van der Waals surface area contributed by atoms with Crippen molar-refractivity contribution in [3.63, 3.8) is 0 Å². The van der Waals surface area contributed by atoms with Gasteiger partial charge in [0.15, 0.2) is 0 Å². The van der Waals surface area contributed by atoms with Gasteiger partial charge in [0.1, 0.15) is 6.04 Å². The molecule has 1 N–H and O–H groups in total. The van der Waals surface area contributed by atoms with Gasteiger partial charge in [-0.1, -0.05) is 0 Å². The first-order valence-electron chi connectivity index (χ1n) is 5.44. The molecule has 2 aliphatic rings.